The van der Waals surface area contributed by atoms with Crippen LogP contribution in [0.25, 0.3) is 10.8 Å². The van der Waals surface area contributed by atoms with Crippen LogP contribution in [-0.2, 0) is 0 Å². The Hall–Kier alpha value is -1.28. The molecule has 1 aliphatic rings. The molecule has 3 rings (SSSR count). The Morgan fingerprint density at radius 3 is 2.76 bits per heavy atom. The van der Waals surface area contributed by atoms with Crippen LogP contribution < -0.4 is 5.56 Å². The van der Waals surface area contributed by atoms with E-state index in [1.165, 1.54) is 0 Å². The van der Waals surface area contributed by atoms with Gasteiger partial charge in [-0.15, -0.1) is 0 Å². The highest BCUT2D eigenvalue weighted by atomic mass is 35.5. The monoisotopic (exact) mass is 247 g/mol. The smallest absolute Gasteiger partial charge is 0.258 e. The standard InChI is InChI=1S/C14H14ClNO/c1-9-6-12(7-9)16-5-4-10-2-3-11(15)8-13(10)14(16)17/h2-5,8-9,12H,6-7H2,1H3. The number of pyridine rings is 1. The lowest BCUT2D eigenvalue weighted by molar-refractivity contribution is 0.212. The molecule has 0 aliphatic heterocycles. The minimum atomic E-state index is 0.0851. The molecule has 1 saturated carbocycles. The summed E-state index contributed by atoms with van der Waals surface area (Å²) in [4.78, 5) is 12.3. The van der Waals surface area contributed by atoms with Crippen LogP contribution in [-0.4, -0.2) is 4.57 Å². The van der Waals surface area contributed by atoms with E-state index in [4.69, 9.17) is 11.6 Å². The van der Waals surface area contributed by atoms with Gasteiger partial charge in [-0.25, -0.2) is 0 Å². The number of hydrogen-bond acceptors (Lipinski definition) is 1. The van der Waals surface area contributed by atoms with Crippen molar-refractivity contribution in [3.8, 4) is 0 Å². The van der Waals surface area contributed by atoms with E-state index in [9.17, 15) is 4.79 Å². The lowest BCUT2D eigenvalue weighted by atomic mass is 9.81. The maximum absolute atomic E-state index is 12.3. The van der Waals surface area contributed by atoms with Crippen LogP contribution in [0.2, 0.25) is 5.02 Å². The lowest BCUT2D eigenvalue weighted by Crippen LogP contribution is -2.32. The Bertz CT molecular complexity index is 626. The Morgan fingerprint density at radius 2 is 2.06 bits per heavy atom. The molecule has 0 N–H and O–H groups in total. The van der Waals surface area contributed by atoms with Gasteiger partial charge in [0.25, 0.3) is 5.56 Å². The van der Waals surface area contributed by atoms with Gasteiger partial charge in [-0.3, -0.25) is 4.79 Å². The predicted octanol–water partition coefficient (Wildman–Crippen LogP) is 3.63. The number of halogens is 1. The fourth-order valence-corrected chi connectivity index (χ4v) is 2.77. The first kappa shape index (κ1) is 10.8. The Balaban J connectivity index is 2.15. The van der Waals surface area contributed by atoms with Crippen LogP contribution in [0, 0.1) is 5.92 Å². The Kier molecular flexibility index (Phi) is 2.48. The number of aromatic nitrogens is 1. The van der Waals surface area contributed by atoms with E-state index in [1.807, 2.05) is 29.0 Å². The lowest BCUT2D eigenvalue weighted by Gasteiger charge is -2.34. The summed E-state index contributed by atoms with van der Waals surface area (Å²) in [5.41, 5.74) is 0.0851. The van der Waals surface area contributed by atoms with E-state index < -0.39 is 0 Å². The van der Waals surface area contributed by atoms with Crippen molar-refractivity contribution in [3.05, 3.63) is 45.8 Å². The van der Waals surface area contributed by atoms with Crippen molar-refractivity contribution < 1.29 is 0 Å². The molecule has 0 atom stereocenters. The Morgan fingerprint density at radius 1 is 1.29 bits per heavy atom. The first-order chi connectivity index (χ1) is 8.15. The second-order valence-electron chi connectivity index (χ2n) is 4.99. The molecule has 17 heavy (non-hydrogen) atoms. The average molecular weight is 248 g/mol. The predicted molar refractivity (Wildman–Crippen MR) is 70.7 cm³/mol. The number of fused-ring (bicyclic) bond motifs is 1. The molecule has 3 heteroatoms. The van der Waals surface area contributed by atoms with Crippen molar-refractivity contribution >= 4 is 22.4 Å². The Labute approximate surface area is 105 Å². The van der Waals surface area contributed by atoms with Gasteiger partial charge in [-0.2, -0.15) is 0 Å². The van der Waals surface area contributed by atoms with Crippen LogP contribution in [0.1, 0.15) is 25.8 Å². The van der Waals surface area contributed by atoms with Crippen molar-refractivity contribution in [1.82, 2.24) is 4.57 Å². The highest BCUT2D eigenvalue weighted by molar-refractivity contribution is 6.31. The van der Waals surface area contributed by atoms with E-state index >= 15 is 0 Å². The van der Waals surface area contributed by atoms with Crippen molar-refractivity contribution in [3.63, 3.8) is 0 Å². The van der Waals surface area contributed by atoms with Gasteiger partial charge in [-0.1, -0.05) is 24.6 Å². The summed E-state index contributed by atoms with van der Waals surface area (Å²) in [6, 6.07) is 7.85. The zero-order valence-corrected chi connectivity index (χ0v) is 10.4. The van der Waals surface area contributed by atoms with Gasteiger partial charge >= 0.3 is 0 Å². The fourth-order valence-electron chi connectivity index (χ4n) is 2.60. The number of benzene rings is 1. The first-order valence-corrected chi connectivity index (χ1v) is 6.33. The van der Waals surface area contributed by atoms with Gasteiger partial charge in [0.2, 0.25) is 0 Å². The van der Waals surface area contributed by atoms with Crippen molar-refractivity contribution in [2.45, 2.75) is 25.8 Å². The summed E-state index contributed by atoms with van der Waals surface area (Å²) < 4.78 is 1.86. The highest BCUT2D eigenvalue weighted by Crippen LogP contribution is 2.36. The third-order valence-corrected chi connectivity index (χ3v) is 3.87. The number of nitrogens with zero attached hydrogens (tertiary/aromatic N) is 1. The van der Waals surface area contributed by atoms with Crippen molar-refractivity contribution in [2.75, 3.05) is 0 Å². The SMILES string of the molecule is CC1CC(n2ccc3ccc(Cl)cc3c2=O)C1. The quantitative estimate of drug-likeness (QED) is 0.754. The summed E-state index contributed by atoms with van der Waals surface area (Å²) in [6.45, 7) is 2.22. The molecule has 1 aromatic heterocycles. The molecule has 0 saturated heterocycles. The van der Waals surface area contributed by atoms with Gasteiger partial charge < -0.3 is 4.57 Å². The van der Waals surface area contributed by atoms with E-state index in [0.29, 0.717) is 11.1 Å². The molecule has 0 bridgehead atoms. The normalized spacial score (nSPS) is 23.6. The summed E-state index contributed by atoms with van der Waals surface area (Å²) in [5, 5.41) is 2.30. The van der Waals surface area contributed by atoms with Crippen molar-refractivity contribution in [2.24, 2.45) is 5.92 Å². The van der Waals surface area contributed by atoms with E-state index in [2.05, 4.69) is 6.92 Å². The molecule has 0 amide bonds. The van der Waals surface area contributed by atoms with Gasteiger partial charge in [-0.05, 0) is 42.3 Å². The third-order valence-electron chi connectivity index (χ3n) is 3.64. The second kappa shape index (κ2) is 3.88. The van der Waals surface area contributed by atoms with Gasteiger partial charge in [0.1, 0.15) is 0 Å². The minimum Gasteiger partial charge on any atom is -0.312 e. The van der Waals surface area contributed by atoms with Gasteiger partial charge in [0, 0.05) is 22.6 Å². The first-order valence-electron chi connectivity index (χ1n) is 5.95. The molecule has 0 radical (unpaired) electrons. The molecule has 1 aliphatic carbocycles. The molecule has 2 nitrogen and oxygen atoms in total. The molecule has 1 aromatic carbocycles. The van der Waals surface area contributed by atoms with Crippen LogP contribution >= 0.6 is 11.6 Å². The minimum absolute atomic E-state index is 0.0851. The zero-order chi connectivity index (χ0) is 12.0. The zero-order valence-electron chi connectivity index (χ0n) is 9.69. The number of hydrogen-bond donors (Lipinski definition) is 0. The maximum Gasteiger partial charge on any atom is 0.258 e. The van der Waals surface area contributed by atoms with Gasteiger partial charge in [0.15, 0.2) is 0 Å². The largest absolute Gasteiger partial charge is 0.312 e. The molecular weight excluding hydrogens is 234 g/mol. The molecule has 1 fully saturated rings. The van der Waals surface area contributed by atoms with Crippen LogP contribution in [0.15, 0.2) is 35.3 Å². The molecule has 0 unspecified atom stereocenters. The summed E-state index contributed by atoms with van der Waals surface area (Å²) >= 11 is 5.95. The van der Waals surface area contributed by atoms with E-state index in [-0.39, 0.29) is 5.56 Å². The summed E-state index contributed by atoms with van der Waals surface area (Å²) in [7, 11) is 0. The summed E-state index contributed by atoms with van der Waals surface area (Å²) in [6.07, 6.45) is 4.12. The van der Waals surface area contributed by atoms with Crippen molar-refractivity contribution in [1.29, 1.82) is 0 Å². The molecule has 0 spiro atoms. The third kappa shape index (κ3) is 1.77. The molecule has 1 heterocycles. The van der Waals surface area contributed by atoms with E-state index in [0.717, 1.165) is 29.5 Å². The molecule has 2 aromatic rings. The second-order valence-corrected chi connectivity index (χ2v) is 5.43. The topological polar surface area (TPSA) is 22.0 Å². The van der Waals surface area contributed by atoms with Crippen LogP contribution in [0.3, 0.4) is 0 Å². The number of rotatable bonds is 1. The van der Waals surface area contributed by atoms with Crippen LogP contribution in [0.5, 0.6) is 0 Å². The van der Waals surface area contributed by atoms with Crippen LogP contribution in [0.4, 0.5) is 0 Å². The fraction of sp³-hybridized carbons (Fsp3) is 0.357. The van der Waals surface area contributed by atoms with Gasteiger partial charge in [0.05, 0.1) is 0 Å². The average Bonchev–Trinajstić information content (AvgIpc) is 2.27. The molecule has 88 valence electrons. The maximum atomic E-state index is 12.3. The van der Waals surface area contributed by atoms with E-state index in [1.54, 1.807) is 6.07 Å². The summed E-state index contributed by atoms with van der Waals surface area (Å²) in [5.74, 6) is 0.738. The molecular formula is C14H14ClNO. The highest BCUT2D eigenvalue weighted by Gasteiger charge is 2.27.